The van der Waals surface area contributed by atoms with Gasteiger partial charge in [0, 0.05) is 5.02 Å². The Kier molecular flexibility index (Phi) is 2.40. The highest BCUT2D eigenvalue weighted by atomic mass is 35.5. The number of hydrogen-bond acceptors (Lipinski definition) is 2. The molecule has 0 amide bonds. The lowest BCUT2D eigenvalue weighted by Crippen LogP contribution is -2.17. The maximum atomic E-state index is 11.4. The smallest absolute Gasteiger partial charge is 0.165 e. The number of rotatable bonds is 1. The molecule has 2 atom stereocenters. The number of aliphatic hydroxyl groups is 1. The van der Waals surface area contributed by atoms with Crippen LogP contribution in [0, 0.1) is 0 Å². The molecule has 0 fully saturated rings. The predicted octanol–water partition coefficient (Wildman–Crippen LogP) is 1.92. The lowest BCUT2D eigenvalue weighted by Gasteiger charge is -2.13. The molecule has 0 saturated carbocycles. The van der Waals surface area contributed by atoms with Crippen molar-refractivity contribution in [2.45, 2.75) is 12.0 Å². The second kappa shape index (κ2) is 3.56. The van der Waals surface area contributed by atoms with Gasteiger partial charge in [-0.15, -0.1) is 0 Å². The van der Waals surface area contributed by atoms with Gasteiger partial charge in [-0.3, -0.25) is 4.79 Å². The van der Waals surface area contributed by atoms with E-state index < -0.39 is 12.0 Å². The van der Waals surface area contributed by atoms with Crippen LogP contribution in [0.5, 0.6) is 0 Å². The number of allylic oxidation sites excluding steroid dienone is 1. The zero-order chi connectivity index (χ0) is 10.1. The molecule has 14 heavy (non-hydrogen) atoms. The second-order valence-electron chi connectivity index (χ2n) is 3.28. The highest BCUT2D eigenvalue weighted by Gasteiger charge is 2.29. The third kappa shape index (κ3) is 1.59. The van der Waals surface area contributed by atoms with Gasteiger partial charge in [0.2, 0.25) is 0 Å². The van der Waals surface area contributed by atoms with Crippen LogP contribution < -0.4 is 0 Å². The quantitative estimate of drug-likeness (QED) is 0.766. The first-order valence-corrected chi connectivity index (χ1v) is 4.72. The lowest BCUT2D eigenvalue weighted by molar-refractivity contribution is -0.116. The van der Waals surface area contributed by atoms with Crippen LogP contribution in [0.4, 0.5) is 0 Å². The van der Waals surface area contributed by atoms with Gasteiger partial charge in [-0.05, 0) is 23.8 Å². The van der Waals surface area contributed by atoms with Crippen LogP contribution >= 0.6 is 11.6 Å². The van der Waals surface area contributed by atoms with Crippen molar-refractivity contribution in [2.24, 2.45) is 0 Å². The van der Waals surface area contributed by atoms with Gasteiger partial charge in [-0.1, -0.05) is 29.8 Å². The number of hydrogen-bond donors (Lipinski definition) is 1. The average molecular weight is 209 g/mol. The van der Waals surface area contributed by atoms with Crippen LogP contribution in [0.3, 0.4) is 0 Å². The Morgan fingerprint density at radius 2 is 1.86 bits per heavy atom. The molecule has 1 aromatic carbocycles. The van der Waals surface area contributed by atoms with E-state index in [9.17, 15) is 9.90 Å². The number of benzene rings is 1. The fourth-order valence-corrected chi connectivity index (χ4v) is 1.73. The van der Waals surface area contributed by atoms with Gasteiger partial charge in [-0.25, -0.2) is 0 Å². The Hall–Kier alpha value is -1.12. The number of aliphatic hydroxyl groups excluding tert-OH is 1. The molecule has 1 N–H and O–H groups in total. The van der Waals surface area contributed by atoms with Crippen LogP contribution in [-0.2, 0) is 4.79 Å². The zero-order valence-corrected chi connectivity index (χ0v) is 8.11. The summed E-state index contributed by atoms with van der Waals surface area (Å²) in [6.45, 7) is 0. The van der Waals surface area contributed by atoms with E-state index in [4.69, 9.17) is 11.6 Å². The minimum absolute atomic E-state index is 0.0557. The molecule has 0 aromatic heterocycles. The first kappa shape index (κ1) is 9.44. The Labute approximate surface area is 86.8 Å². The van der Waals surface area contributed by atoms with Crippen molar-refractivity contribution in [2.75, 3.05) is 0 Å². The third-order valence-corrected chi connectivity index (χ3v) is 2.59. The van der Waals surface area contributed by atoms with Gasteiger partial charge in [0.25, 0.3) is 0 Å². The van der Waals surface area contributed by atoms with E-state index >= 15 is 0 Å². The highest BCUT2D eigenvalue weighted by Crippen LogP contribution is 2.27. The first-order chi connectivity index (χ1) is 6.68. The molecule has 3 heteroatoms. The van der Waals surface area contributed by atoms with Crippen molar-refractivity contribution in [3.05, 3.63) is 47.0 Å². The molecule has 0 radical (unpaired) electrons. The maximum Gasteiger partial charge on any atom is 0.165 e. The van der Waals surface area contributed by atoms with Crippen LogP contribution in [0.2, 0.25) is 5.02 Å². The molecule has 1 aromatic rings. The van der Waals surface area contributed by atoms with E-state index in [0.717, 1.165) is 5.56 Å². The molecule has 0 aliphatic heterocycles. The van der Waals surface area contributed by atoms with Crippen molar-refractivity contribution >= 4 is 17.4 Å². The van der Waals surface area contributed by atoms with E-state index in [1.165, 1.54) is 12.2 Å². The summed E-state index contributed by atoms with van der Waals surface area (Å²) in [5.41, 5.74) is 0.803. The summed E-state index contributed by atoms with van der Waals surface area (Å²) in [6.07, 6.45) is 2.23. The standard InChI is InChI=1S/C11H9ClO2/c12-8-3-1-7(2-4-8)11-9(13)5-6-10(11)14/h1-6,9,11,13H. The van der Waals surface area contributed by atoms with Gasteiger partial charge in [0.05, 0.1) is 12.0 Å². The zero-order valence-electron chi connectivity index (χ0n) is 7.35. The number of carbonyl (C=O) groups excluding carboxylic acids is 1. The van der Waals surface area contributed by atoms with Crippen molar-refractivity contribution < 1.29 is 9.90 Å². The summed E-state index contributed by atoms with van der Waals surface area (Å²) in [5.74, 6) is -0.507. The summed E-state index contributed by atoms with van der Waals surface area (Å²) >= 11 is 5.73. The van der Waals surface area contributed by atoms with Gasteiger partial charge in [0.1, 0.15) is 0 Å². The SMILES string of the molecule is O=C1C=CC(O)C1c1ccc(Cl)cc1. The van der Waals surface area contributed by atoms with Gasteiger partial charge in [-0.2, -0.15) is 0 Å². The summed E-state index contributed by atoms with van der Waals surface area (Å²) in [5, 5.41) is 10.2. The topological polar surface area (TPSA) is 37.3 Å². The molecular weight excluding hydrogens is 200 g/mol. The van der Waals surface area contributed by atoms with E-state index in [0.29, 0.717) is 5.02 Å². The molecule has 72 valence electrons. The normalized spacial score (nSPS) is 25.7. The molecule has 0 spiro atoms. The van der Waals surface area contributed by atoms with E-state index in [1.54, 1.807) is 24.3 Å². The second-order valence-corrected chi connectivity index (χ2v) is 3.72. The van der Waals surface area contributed by atoms with Crippen LogP contribution in [0.25, 0.3) is 0 Å². The first-order valence-electron chi connectivity index (χ1n) is 4.34. The Bertz CT molecular complexity index is 381. The minimum atomic E-state index is -0.705. The van der Waals surface area contributed by atoms with Gasteiger partial charge in [0.15, 0.2) is 5.78 Å². The monoisotopic (exact) mass is 208 g/mol. The average Bonchev–Trinajstić information content (AvgIpc) is 2.49. The van der Waals surface area contributed by atoms with Crippen LogP contribution in [-0.4, -0.2) is 17.0 Å². The van der Waals surface area contributed by atoms with E-state index in [-0.39, 0.29) is 5.78 Å². The largest absolute Gasteiger partial charge is 0.388 e. The molecule has 2 unspecified atom stereocenters. The Balaban J connectivity index is 2.31. The number of halogens is 1. The Morgan fingerprint density at radius 1 is 1.21 bits per heavy atom. The van der Waals surface area contributed by atoms with E-state index in [2.05, 4.69) is 0 Å². The van der Waals surface area contributed by atoms with Gasteiger partial charge >= 0.3 is 0 Å². The highest BCUT2D eigenvalue weighted by molar-refractivity contribution is 6.30. The molecule has 1 aliphatic carbocycles. The van der Waals surface area contributed by atoms with Crippen molar-refractivity contribution in [3.8, 4) is 0 Å². The fourth-order valence-electron chi connectivity index (χ4n) is 1.61. The molecule has 1 aliphatic rings. The van der Waals surface area contributed by atoms with Crippen LogP contribution in [0.15, 0.2) is 36.4 Å². The molecule has 2 nitrogen and oxygen atoms in total. The molecular formula is C11H9ClO2. The van der Waals surface area contributed by atoms with Crippen molar-refractivity contribution in [1.82, 2.24) is 0 Å². The summed E-state index contributed by atoms with van der Waals surface area (Å²) in [4.78, 5) is 11.4. The summed E-state index contributed by atoms with van der Waals surface area (Å²) in [7, 11) is 0. The number of carbonyl (C=O) groups is 1. The van der Waals surface area contributed by atoms with Crippen molar-refractivity contribution in [3.63, 3.8) is 0 Å². The van der Waals surface area contributed by atoms with Gasteiger partial charge < -0.3 is 5.11 Å². The molecule has 0 bridgehead atoms. The fraction of sp³-hybridized carbons (Fsp3) is 0.182. The van der Waals surface area contributed by atoms with Crippen LogP contribution in [0.1, 0.15) is 11.5 Å². The predicted molar refractivity (Wildman–Crippen MR) is 54.3 cm³/mol. The summed E-state index contributed by atoms with van der Waals surface area (Å²) in [6, 6.07) is 6.96. The third-order valence-electron chi connectivity index (χ3n) is 2.33. The lowest BCUT2D eigenvalue weighted by atomic mass is 9.94. The number of ketones is 1. The maximum absolute atomic E-state index is 11.4. The van der Waals surface area contributed by atoms with Crippen molar-refractivity contribution in [1.29, 1.82) is 0 Å². The summed E-state index contributed by atoms with van der Waals surface area (Å²) < 4.78 is 0. The molecule has 0 heterocycles. The molecule has 2 rings (SSSR count). The van der Waals surface area contributed by atoms with E-state index in [1.807, 2.05) is 0 Å². The molecule has 0 saturated heterocycles. The Morgan fingerprint density at radius 3 is 2.36 bits per heavy atom. The minimum Gasteiger partial charge on any atom is -0.388 e.